The van der Waals surface area contributed by atoms with E-state index in [1.807, 2.05) is 28.5 Å². The number of carboxylic acids is 1. The van der Waals surface area contributed by atoms with Crippen molar-refractivity contribution < 1.29 is 19.4 Å². The van der Waals surface area contributed by atoms with Crippen molar-refractivity contribution in [2.75, 3.05) is 45.9 Å². The van der Waals surface area contributed by atoms with Gasteiger partial charge in [0.1, 0.15) is 0 Å². The Morgan fingerprint density at radius 2 is 1.95 bits per heavy atom. The summed E-state index contributed by atoms with van der Waals surface area (Å²) >= 11 is 0. The van der Waals surface area contributed by atoms with E-state index < -0.39 is 5.97 Å². The number of morpholine rings is 1. The Morgan fingerprint density at radius 1 is 1.19 bits per heavy atom. The molecule has 0 bridgehead atoms. The van der Waals surface area contributed by atoms with Gasteiger partial charge in [-0.15, -0.1) is 0 Å². The highest BCUT2D eigenvalue weighted by molar-refractivity contribution is 5.75. The van der Waals surface area contributed by atoms with Gasteiger partial charge in [-0.25, -0.2) is 4.79 Å². The van der Waals surface area contributed by atoms with Crippen LogP contribution in [-0.2, 0) is 9.53 Å². The van der Waals surface area contributed by atoms with E-state index in [0.717, 1.165) is 13.0 Å². The van der Waals surface area contributed by atoms with Crippen LogP contribution < -0.4 is 0 Å². The van der Waals surface area contributed by atoms with E-state index in [1.165, 1.54) is 0 Å². The lowest BCUT2D eigenvalue weighted by Crippen LogP contribution is -2.55. The molecule has 0 aliphatic carbocycles. The lowest BCUT2D eigenvalue weighted by atomic mass is 10.2. The minimum atomic E-state index is -0.814. The van der Waals surface area contributed by atoms with Crippen molar-refractivity contribution in [2.45, 2.75) is 32.4 Å². The molecule has 1 N–H and O–H groups in total. The number of carbonyl (C=O) groups excluding carboxylic acids is 1. The largest absolute Gasteiger partial charge is 0.480 e. The lowest BCUT2D eigenvalue weighted by Gasteiger charge is -2.39. The summed E-state index contributed by atoms with van der Waals surface area (Å²) in [6, 6.07) is 0.141. The van der Waals surface area contributed by atoms with E-state index >= 15 is 0 Å². The monoisotopic (exact) mass is 299 g/mol. The number of hydrogen-bond donors (Lipinski definition) is 1. The summed E-state index contributed by atoms with van der Waals surface area (Å²) in [5.41, 5.74) is 0. The summed E-state index contributed by atoms with van der Waals surface area (Å²) in [6.07, 6.45) is 0.883. The van der Waals surface area contributed by atoms with Gasteiger partial charge < -0.3 is 19.6 Å². The molecule has 0 radical (unpaired) electrons. The number of nitrogens with zero attached hydrogens (tertiary/aromatic N) is 3. The van der Waals surface area contributed by atoms with E-state index in [0.29, 0.717) is 32.8 Å². The second kappa shape index (κ2) is 7.09. The number of ether oxygens (including phenoxy) is 1. The molecule has 0 aromatic rings. The predicted octanol–water partition coefficient (Wildman–Crippen LogP) is 0.308. The fourth-order valence-corrected chi connectivity index (χ4v) is 2.86. The number of rotatable bonds is 2. The van der Waals surface area contributed by atoms with Crippen LogP contribution in [0.5, 0.6) is 0 Å². The smallest absolute Gasteiger partial charge is 0.320 e. The predicted molar refractivity (Wildman–Crippen MR) is 77.2 cm³/mol. The first-order valence-corrected chi connectivity index (χ1v) is 7.58. The van der Waals surface area contributed by atoms with Crippen LogP contribution >= 0.6 is 0 Å². The molecular formula is C14H25N3O4. The average molecular weight is 299 g/mol. The van der Waals surface area contributed by atoms with Crippen LogP contribution in [0.25, 0.3) is 0 Å². The minimum absolute atomic E-state index is 0.0486. The van der Waals surface area contributed by atoms with Gasteiger partial charge in [-0.05, 0) is 20.3 Å². The SMILES string of the molecule is CC1CN(C(=O)N2CCCN(CC(=O)O)CC2)C(C)CO1. The third kappa shape index (κ3) is 4.31. The number of amides is 2. The zero-order chi connectivity index (χ0) is 15.4. The second-order valence-electron chi connectivity index (χ2n) is 5.94. The highest BCUT2D eigenvalue weighted by Gasteiger charge is 2.31. The number of carbonyl (C=O) groups is 2. The quantitative estimate of drug-likeness (QED) is 0.794. The van der Waals surface area contributed by atoms with Gasteiger partial charge >= 0.3 is 12.0 Å². The standard InChI is InChI=1S/C14H25N3O4/c1-11-10-21-12(2)8-17(11)14(20)16-5-3-4-15(6-7-16)9-13(18)19/h11-12H,3-10H2,1-2H3,(H,18,19). The average Bonchev–Trinajstić information content (AvgIpc) is 2.66. The molecule has 120 valence electrons. The van der Waals surface area contributed by atoms with Crippen molar-refractivity contribution >= 4 is 12.0 Å². The van der Waals surface area contributed by atoms with Gasteiger partial charge in [0.05, 0.1) is 25.3 Å². The molecule has 0 saturated carbocycles. The number of hydrogen-bond acceptors (Lipinski definition) is 4. The topological polar surface area (TPSA) is 73.3 Å². The Bertz CT molecular complexity index is 390. The highest BCUT2D eigenvalue weighted by Crippen LogP contribution is 2.15. The van der Waals surface area contributed by atoms with Crippen LogP contribution in [0.4, 0.5) is 4.79 Å². The van der Waals surface area contributed by atoms with Gasteiger partial charge in [-0.2, -0.15) is 0 Å². The third-order valence-electron chi connectivity index (χ3n) is 4.07. The van der Waals surface area contributed by atoms with Gasteiger partial charge in [0.2, 0.25) is 0 Å². The maximum absolute atomic E-state index is 12.7. The van der Waals surface area contributed by atoms with Crippen molar-refractivity contribution in [3.05, 3.63) is 0 Å². The van der Waals surface area contributed by atoms with E-state index in [9.17, 15) is 9.59 Å². The fourth-order valence-electron chi connectivity index (χ4n) is 2.86. The molecule has 2 aliphatic rings. The first kappa shape index (κ1) is 16.0. The Kier molecular flexibility index (Phi) is 5.41. The minimum Gasteiger partial charge on any atom is -0.480 e. The molecule has 0 aromatic carbocycles. The van der Waals surface area contributed by atoms with Crippen LogP contribution in [0.2, 0.25) is 0 Å². The summed E-state index contributed by atoms with van der Waals surface area (Å²) in [5, 5.41) is 8.86. The van der Waals surface area contributed by atoms with Crippen LogP contribution in [-0.4, -0.2) is 89.8 Å². The summed E-state index contributed by atoms with van der Waals surface area (Å²) in [7, 11) is 0. The first-order chi connectivity index (χ1) is 9.97. The number of carboxylic acid groups (broad SMARTS) is 1. The molecule has 2 fully saturated rings. The van der Waals surface area contributed by atoms with E-state index in [1.54, 1.807) is 0 Å². The molecule has 2 unspecified atom stereocenters. The van der Waals surface area contributed by atoms with Crippen LogP contribution in [0.3, 0.4) is 0 Å². The molecule has 21 heavy (non-hydrogen) atoms. The van der Waals surface area contributed by atoms with Crippen molar-refractivity contribution in [3.63, 3.8) is 0 Å². The molecule has 2 rings (SSSR count). The van der Waals surface area contributed by atoms with Gasteiger partial charge in [0.25, 0.3) is 0 Å². The lowest BCUT2D eigenvalue weighted by molar-refractivity contribution is -0.138. The molecule has 2 aliphatic heterocycles. The van der Waals surface area contributed by atoms with Crippen LogP contribution in [0.15, 0.2) is 0 Å². The molecule has 2 amide bonds. The highest BCUT2D eigenvalue weighted by atomic mass is 16.5. The van der Waals surface area contributed by atoms with Crippen molar-refractivity contribution in [1.29, 1.82) is 0 Å². The van der Waals surface area contributed by atoms with Gasteiger partial charge in [0.15, 0.2) is 0 Å². The number of urea groups is 1. The first-order valence-electron chi connectivity index (χ1n) is 7.58. The zero-order valence-corrected chi connectivity index (χ0v) is 12.8. The van der Waals surface area contributed by atoms with E-state index in [2.05, 4.69) is 0 Å². The van der Waals surface area contributed by atoms with E-state index in [-0.39, 0.29) is 24.7 Å². The van der Waals surface area contributed by atoms with Crippen molar-refractivity contribution in [1.82, 2.24) is 14.7 Å². The summed E-state index contributed by atoms with van der Waals surface area (Å²) in [4.78, 5) is 29.0. The Labute approximate surface area is 125 Å². The fraction of sp³-hybridized carbons (Fsp3) is 0.857. The normalized spacial score (nSPS) is 28.3. The molecule has 0 spiro atoms. The van der Waals surface area contributed by atoms with Crippen LogP contribution in [0, 0.1) is 0 Å². The van der Waals surface area contributed by atoms with Crippen molar-refractivity contribution in [3.8, 4) is 0 Å². The number of aliphatic carboxylic acids is 1. The van der Waals surface area contributed by atoms with Gasteiger partial charge in [0, 0.05) is 32.7 Å². The van der Waals surface area contributed by atoms with Gasteiger partial charge in [-0.1, -0.05) is 0 Å². The molecule has 7 heteroatoms. The molecule has 2 heterocycles. The Balaban J connectivity index is 1.91. The summed E-state index contributed by atoms with van der Waals surface area (Å²) in [6.45, 7) is 7.84. The molecular weight excluding hydrogens is 274 g/mol. The molecule has 2 atom stereocenters. The van der Waals surface area contributed by atoms with Crippen LogP contribution in [0.1, 0.15) is 20.3 Å². The Hall–Kier alpha value is -1.34. The molecule has 7 nitrogen and oxygen atoms in total. The Morgan fingerprint density at radius 3 is 2.67 bits per heavy atom. The maximum atomic E-state index is 12.7. The molecule has 2 saturated heterocycles. The maximum Gasteiger partial charge on any atom is 0.320 e. The summed E-state index contributed by atoms with van der Waals surface area (Å²) in [5.74, 6) is -0.814. The van der Waals surface area contributed by atoms with Crippen molar-refractivity contribution in [2.24, 2.45) is 0 Å². The molecule has 0 aromatic heterocycles. The third-order valence-corrected chi connectivity index (χ3v) is 4.07. The zero-order valence-electron chi connectivity index (χ0n) is 12.8. The van der Waals surface area contributed by atoms with Gasteiger partial charge in [-0.3, -0.25) is 9.69 Å². The summed E-state index contributed by atoms with van der Waals surface area (Å²) < 4.78 is 5.56. The van der Waals surface area contributed by atoms with E-state index in [4.69, 9.17) is 9.84 Å². The second-order valence-corrected chi connectivity index (χ2v) is 5.94.